The lowest BCUT2D eigenvalue weighted by Crippen LogP contribution is -2.40. The predicted octanol–water partition coefficient (Wildman–Crippen LogP) is 3.11. The first-order valence-corrected chi connectivity index (χ1v) is 6.76. The van der Waals surface area contributed by atoms with Gasteiger partial charge in [-0.2, -0.15) is 0 Å². The fraction of sp³-hybridized carbons (Fsp3) is 0.438. The van der Waals surface area contributed by atoms with Gasteiger partial charge >= 0.3 is 0 Å². The van der Waals surface area contributed by atoms with Crippen molar-refractivity contribution >= 4 is 11.9 Å². The van der Waals surface area contributed by atoms with Crippen LogP contribution in [0.25, 0.3) is 6.08 Å². The minimum atomic E-state index is -0.353. The number of fused-ring (bicyclic) bond motifs is 1. The number of carbonyl (C=O) groups is 1. The molecule has 0 amide bonds. The van der Waals surface area contributed by atoms with E-state index in [1.165, 1.54) is 0 Å². The van der Waals surface area contributed by atoms with Crippen molar-refractivity contribution in [2.75, 3.05) is 0 Å². The van der Waals surface area contributed by atoms with Crippen LogP contribution < -0.4 is 0 Å². The van der Waals surface area contributed by atoms with E-state index in [0.29, 0.717) is 6.42 Å². The Hall–Kier alpha value is -1.61. The highest BCUT2D eigenvalue weighted by Crippen LogP contribution is 2.48. The van der Waals surface area contributed by atoms with Gasteiger partial charge in [-0.1, -0.05) is 12.5 Å². The number of carbonyl (C=O) groups excluding carboxylic acids is 1. The van der Waals surface area contributed by atoms with Gasteiger partial charge in [0.1, 0.15) is 0 Å². The molecule has 0 bridgehead atoms. The van der Waals surface area contributed by atoms with E-state index in [-0.39, 0.29) is 17.3 Å². The van der Waals surface area contributed by atoms with Gasteiger partial charge in [-0.25, -0.2) is 0 Å². The first-order valence-electron chi connectivity index (χ1n) is 6.76. The van der Waals surface area contributed by atoms with Crippen molar-refractivity contribution < 1.29 is 14.3 Å². The van der Waals surface area contributed by atoms with Crippen LogP contribution in [0.15, 0.2) is 40.2 Å². The maximum absolute atomic E-state index is 12.2. The quantitative estimate of drug-likeness (QED) is 0.787. The second-order valence-corrected chi connectivity index (χ2v) is 5.76. The molecule has 1 aromatic rings. The molecule has 0 unspecified atom stereocenters. The third kappa shape index (κ3) is 2.08. The highest BCUT2D eigenvalue weighted by atomic mass is 16.3. The molecule has 19 heavy (non-hydrogen) atoms. The largest absolute Gasteiger partial charge is 0.472 e. The van der Waals surface area contributed by atoms with E-state index in [0.717, 1.165) is 36.0 Å². The van der Waals surface area contributed by atoms with E-state index in [1.54, 1.807) is 18.6 Å². The summed E-state index contributed by atoms with van der Waals surface area (Å²) in [7, 11) is 0. The second kappa shape index (κ2) is 4.49. The van der Waals surface area contributed by atoms with Crippen LogP contribution in [0.2, 0.25) is 0 Å². The molecule has 0 aromatic carbocycles. The normalized spacial score (nSPS) is 33.2. The fourth-order valence-electron chi connectivity index (χ4n) is 3.19. The SMILES string of the molecule is C[C@]12CC(=Cc3ccoc3)C(=O)C=C1CCC[C@@H]2O. The molecule has 1 heterocycles. The maximum atomic E-state index is 12.2. The Balaban J connectivity index is 1.99. The highest BCUT2D eigenvalue weighted by Gasteiger charge is 2.43. The Morgan fingerprint density at radius 1 is 1.53 bits per heavy atom. The first kappa shape index (κ1) is 12.4. The van der Waals surface area contributed by atoms with Crippen LogP contribution in [0, 0.1) is 5.41 Å². The topological polar surface area (TPSA) is 50.4 Å². The highest BCUT2D eigenvalue weighted by molar-refractivity contribution is 6.08. The summed E-state index contributed by atoms with van der Waals surface area (Å²) in [5, 5.41) is 10.3. The van der Waals surface area contributed by atoms with E-state index in [9.17, 15) is 9.90 Å². The number of aliphatic hydroxyl groups excluding tert-OH is 1. The molecule has 1 saturated carbocycles. The smallest absolute Gasteiger partial charge is 0.181 e. The molecule has 2 atom stereocenters. The summed E-state index contributed by atoms with van der Waals surface area (Å²) in [6.07, 6.45) is 9.80. The van der Waals surface area contributed by atoms with Gasteiger partial charge in [0.15, 0.2) is 5.78 Å². The fourth-order valence-corrected chi connectivity index (χ4v) is 3.19. The van der Waals surface area contributed by atoms with E-state index >= 15 is 0 Å². The average molecular weight is 258 g/mol. The number of hydrogen-bond acceptors (Lipinski definition) is 3. The van der Waals surface area contributed by atoms with Gasteiger partial charge in [0.25, 0.3) is 0 Å². The minimum absolute atomic E-state index is 0.0720. The van der Waals surface area contributed by atoms with Gasteiger partial charge in [-0.05, 0) is 43.9 Å². The zero-order chi connectivity index (χ0) is 13.5. The van der Waals surface area contributed by atoms with Gasteiger partial charge < -0.3 is 9.52 Å². The number of allylic oxidation sites excluding steroid dienone is 2. The average Bonchev–Trinajstić information content (AvgIpc) is 2.86. The molecule has 1 aromatic heterocycles. The molecule has 3 rings (SSSR count). The molecule has 2 aliphatic carbocycles. The van der Waals surface area contributed by atoms with Crippen molar-refractivity contribution in [3.05, 3.63) is 41.4 Å². The molecule has 3 heteroatoms. The lowest BCUT2D eigenvalue weighted by Gasteiger charge is -2.43. The summed E-state index contributed by atoms with van der Waals surface area (Å²) in [5.74, 6) is 0.0720. The summed E-state index contributed by atoms with van der Waals surface area (Å²) >= 11 is 0. The molecule has 0 radical (unpaired) electrons. The second-order valence-electron chi connectivity index (χ2n) is 5.76. The molecule has 0 saturated heterocycles. The van der Waals surface area contributed by atoms with E-state index in [1.807, 2.05) is 12.1 Å². The zero-order valence-electron chi connectivity index (χ0n) is 11.1. The van der Waals surface area contributed by atoms with Crippen molar-refractivity contribution in [2.45, 2.75) is 38.7 Å². The lowest BCUT2D eigenvalue weighted by molar-refractivity contribution is -0.112. The van der Waals surface area contributed by atoms with Gasteiger partial charge in [-0.3, -0.25) is 4.79 Å². The number of hydrogen-bond donors (Lipinski definition) is 1. The van der Waals surface area contributed by atoms with Crippen LogP contribution >= 0.6 is 0 Å². The van der Waals surface area contributed by atoms with Crippen LogP contribution in [0.1, 0.15) is 38.2 Å². The van der Waals surface area contributed by atoms with Crippen molar-refractivity contribution in [2.24, 2.45) is 5.41 Å². The third-order valence-corrected chi connectivity index (χ3v) is 4.46. The maximum Gasteiger partial charge on any atom is 0.181 e. The molecule has 0 spiro atoms. The molecule has 100 valence electrons. The third-order valence-electron chi connectivity index (χ3n) is 4.46. The predicted molar refractivity (Wildman–Crippen MR) is 72.4 cm³/mol. The summed E-state index contributed by atoms with van der Waals surface area (Å²) < 4.78 is 5.02. The van der Waals surface area contributed by atoms with Gasteiger partial charge in [0, 0.05) is 16.6 Å². The van der Waals surface area contributed by atoms with Crippen LogP contribution in [0.4, 0.5) is 0 Å². The van der Waals surface area contributed by atoms with E-state index < -0.39 is 0 Å². The monoisotopic (exact) mass is 258 g/mol. The Bertz CT molecular complexity index is 551. The Kier molecular flexibility index (Phi) is 2.94. The lowest BCUT2D eigenvalue weighted by atomic mass is 9.63. The molecule has 2 aliphatic rings. The molecular weight excluding hydrogens is 240 g/mol. The van der Waals surface area contributed by atoms with Crippen LogP contribution in [0.5, 0.6) is 0 Å². The zero-order valence-corrected chi connectivity index (χ0v) is 11.1. The van der Waals surface area contributed by atoms with Crippen molar-refractivity contribution in [1.29, 1.82) is 0 Å². The summed E-state index contributed by atoms with van der Waals surface area (Å²) in [4.78, 5) is 12.2. The van der Waals surface area contributed by atoms with E-state index in [2.05, 4.69) is 6.92 Å². The summed E-state index contributed by atoms with van der Waals surface area (Å²) in [5.41, 5.74) is 2.49. The standard InChI is InChI=1S/C16H18O3/c1-16-9-12(7-11-5-6-19-10-11)14(17)8-13(16)3-2-4-15(16)18/h5-8,10,15,18H,2-4,9H2,1H3/t15-,16-/m0/s1. The van der Waals surface area contributed by atoms with Crippen molar-refractivity contribution in [3.63, 3.8) is 0 Å². The molecule has 1 fully saturated rings. The molecular formula is C16H18O3. The van der Waals surface area contributed by atoms with Crippen molar-refractivity contribution in [3.8, 4) is 0 Å². The number of furan rings is 1. The van der Waals surface area contributed by atoms with Crippen LogP contribution in [-0.4, -0.2) is 17.0 Å². The first-order chi connectivity index (χ1) is 9.09. The number of ketones is 1. The summed E-state index contributed by atoms with van der Waals surface area (Å²) in [6.45, 7) is 2.07. The van der Waals surface area contributed by atoms with E-state index in [4.69, 9.17) is 4.42 Å². The number of rotatable bonds is 1. The molecule has 0 aliphatic heterocycles. The van der Waals surface area contributed by atoms with Gasteiger partial charge in [0.2, 0.25) is 0 Å². The van der Waals surface area contributed by atoms with Crippen LogP contribution in [-0.2, 0) is 4.79 Å². The number of aliphatic hydroxyl groups is 1. The molecule has 3 nitrogen and oxygen atoms in total. The van der Waals surface area contributed by atoms with Gasteiger partial charge in [-0.15, -0.1) is 0 Å². The minimum Gasteiger partial charge on any atom is -0.472 e. The van der Waals surface area contributed by atoms with Crippen LogP contribution in [0.3, 0.4) is 0 Å². The Labute approximate surface area is 112 Å². The Morgan fingerprint density at radius 2 is 2.37 bits per heavy atom. The molecule has 1 N–H and O–H groups in total. The van der Waals surface area contributed by atoms with Gasteiger partial charge in [0.05, 0.1) is 18.6 Å². The van der Waals surface area contributed by atoms with Crippen molar-refractivity contribution in [1.82, 2.24) is 0 Å². The summed E-state index contributed by atoms with van der Waals surface area (Å²) in [6, 6.07) is 1.83. The Morgan fingerprint density at radius 3 is 3.11 bits per heavy atom.